The molecule has 24 heavy (non-hydrogen) atoms. The Balaban J connectivity index is 2.07. The number of halogens is 3. The Kier molecular flexibility index (Phi) is 5.42. The maximum atomic E-state index is 12.8. The molecule has 4 nitrogen and oxygen atoms in total. The van der Waals surface area contributed by atoms with E-state index in [4.69, 9.17) is 4.74 Å². The first-order valence-corrected chi connectivity index (χ1v) is 7.93. The molecule has 0 saturated carbocycles. The highest BCUT2D eigenvalue weighted by molar-refractivity contribution is 5.83. The molecule has 7 heteroatoms. The van der Waals surface area contributed by atoms with E-state index in [9.17, 15) is 23.1 Å². The molecule has 0 spiro atoms. The monoisotopic (exact) mass is 345 g/mol. The van der Waals surface area contributed by atoms with E-state index >= 15 is 0 Å². The Morgan fingerprint density at radius 2 is 1.83 bits per heavy atom. The minimum atomic E-state index is -4.66. The zero-order chi connectivity index (χ0) is 18.0. The third-order valence-corrected chi connectivity index (χ3v) is 4.65. The highest BCUT2D eigenvalue weighted by atomic mass is 19.4. The number of carbonyl (C=O) groups excluding carboxylic acids is 1. The number of methoxy groups -OCH3 is 1. The van der Waals surface area contributed by atoms with Gasteiger partial charge in [0.1, 0.15) is 5.75 Å². The summed E-state index contributed by atoms with van der Waals surface area (Å²) in [6.45, 7) is 1.67. The van der Waals surface area contributed by atoms with E-state index in [1.54, 1.807) is 31.4 Å². The molecule has 1 N–H and O–H groups in total. The van der Waals surface area contributed by atoms with Crippen LogP contribution in [0.15, 0.2) is 24.3 Å². The smallest absolute Gasteiger partial charge is 0.417 e. The van der Waals surface area contributed by atoms with Crippen molar-refractivity contribution in [3.63, 3.8) is 0 Å². The van der Waals surface area contributed by atoms with Crippen LogP contribution in [-0.2, 0) is 4.79 Å². The number of hydrogen-bond acceptors (Lipinski definition) is 3. The molecule has 1 saturated heterocycles. The second-order valence-electron chi connectivity index (χ2n) is 6.09. The second-order valence-corrected chi connectivity index (χ2v) is 6.09. The quantitative estimate of drug-likeness (QED) is 0.912. The van der Waals surface area contributed by atoms with E-state index in [-0.39, 0.29) is 19.0 Å². The largest absolute Gasteiger partial charge is 0.497 e. The highest BCUT2D eigenvalue weighted by Gasteiger charge is 2.55. The second kappa shape index (κ2) is 7.01. The number of likely N-dealkylation sites (tertiary alicyclic amines) is 1. The van der Waals surface area contributed by atoms with Crippen molar-refractivity contribution in [1.82, 2.24) is 4.90 Å². The van der Waals surface area contributed by atoms with Gasteiger partial charge in [-0.1, -0.05) is 19.1 Å². The molecular weight excluding hydrogens is 323 g/mol. The van der Waals surface area contributed by atoms with Crippen molar-refractivity contribution in [3.8, 4) is 5.75 Å². The van der Waals surface area contributed by atoms with Crippen LogP contribution < -0.4 is 4.74 Å². The molecule has 1 unspecified atom stereocenters. The number of ether oxygens (including phenoxy) is 1. The molecule has 0 radical (unpaired) electrons. The molecule has 134 valence electrons. The summed E-state index contributed by atoms with van der Waals surface area (Å²) >= 11 is 0. The number of piperidine rings is 1. The van der Waals surface area contributed by atoms with Crippen LogP contribution in [-0.4, -0.2) is 47.9 Å². The molecule has 1 atom stereocenters. The molecule has 1 heterocycles. The highest BCUT2D eigenvalue weighted by Crippen LogP contribution is 2.39. The van der Waals surface area contributed by atoms with Crippen molar-refractivity contribution in [2.45, 2.75) is 43.9 Å². The van der Waals surface area contributed by atoms with Crippen LogP contribution in [0.25, 0.3) is 0 Å². The van der Waals surface area contributed by atoms with Gasteiger partial charge in [-0.15, -0.1) is 0 Å². The number of nitrogens with zero attached hydrogens (tertiary/aromatic N) is 1. The van der Waals surface area contributed by atoms with E-state index in [1.165, 1.54) is 4.90 Å². The predicted molar refractivity (Wildman–Crippen MR) is 82.8 cm³/mol. The van der Waals surface area contributed by atoms with E-state index in [1.807, 2.05) is 6.92 Å². The molecule has 1 aliphatic rings. The maximum absolute atomic E-state index is 12.8. The number of aliphatic hydroxyl groups is 1. The molecule has 0 aromatic heterocycles. The number of amides is 1. The SMILES string of the molecule is CCC(C(=O)N1CCC(O)(C(F)(F)F)CC1)c1ccc(OC)cc1. The number of carbonyl (C=O) groups is 1. The van der Waals surface area contributed by atoms with Crippen LogP contribution in [0.1, 0.15) is 37.7 Å². The van der Waals surface area contributed by atoms with Crippen molar-refractivity contribution in [2.24, 2.45) is 0 Å². The van der Waals surface area contributed by atoms with Gasteiger partial charge < -0.3 is 14.7 Å². The maximum Gasteiger partial charge on any atom is 0.417 e. The third kappa shape index (κ3) is 3.66. The van der Waals surface area contributed by atoms with Crippen molar-refractivity contribution in [1.29, 1.82) is 0 Å². The van der Waals surface area contributed by atoms with Gasteiger partial charge in [0.15, 0.2) is 5.60 Å². The zero-order valence-electron chi connectivity index (χ0n) is 13.8. The van der Waals surface area contributed by atoms with Crippen LogP contribution in [0.3, 0.4) is 0 Å². The molecule has 1 aromatic carbocycles. The number of hydrogen-bond donors (Lipinski definition) is 1. The Labute approximate surface area is 139 Å². The van der Waals surface area contributed by atoms with Gasteiger partial charge in [0.2, 0.25) is 5.91 Å². The summed E-state index contributed by atoms with van der Waals surface area (Å²) in [7, 11) is 1.55. The van der Waals surface area contributed by atoms with Gasteiger partial charge in [0, 0.05) is 25.9 Å². The minimum absolute atomic E-state index is 0.0957. The number of benzene rings is 1. The van der Waals surface area contributed by atoms with E-state index < -0.39 is 30.5 Å². The fourth-order valence-electron chi connectivity index (χ4n) is 2.99. The van der Waals surface area contributed by atoms with Gasteiger partial charge in [0.05, 0.1) is 13.0 Å². The standard InChI is InChI=1S/C17H22F3NO3/c1-3-14(12-4-6-13(24-2)7-5-12)15(22)21-10-8-16(23,9-11-21)17(18,19)20/h4-7,14,23H,3,8-11H2,1-2H3. The molecular formula is C17H22F3NO3. The van der Waals surface area contributed by atoms with Crippen molar-refractivity contribution < 1.29 is 27.8 Å². The lowest BCUT2D eigenvalue weighted by molar-refractivity contribution is -0.272. The summed E-state index contributed by atoms with van der Waals surface area (Å²) in [5.41, 5.74) is -1.88. The van der Waals surface area contributed by atoms with Crippen LogP contribution in [0.5, 0.6) is 5.75 Å². The fraction of sp³-hybridized carbons (Fsp3) is 0.588. The van der Waals surface area contributed by atoms with Crippen LogP contribution in [0.2, 0.25) is 0 Å². The Bertz CT molecular complexity index is 563. The molecule has 1 fully saturated rings. The van der Waals surface area contributed by atoms with E-state index in [0.717, 1.165) is 5.56 Å². The lowest BCUT2D eigenvalue weighted by atomic mass is 9.88. The predicted octanol–water partition coefficient (Wildman–Crippen LogP) is 3.10. The average molecular weight is 345 g/mol. The van der Waals surface area contributed by atoms with E-state index in [2.05, 4.69) is 0 Å². The van der Waals surface area contributed by atoms with Gasteiger partial charge >= 0.3 is 6.18 Å². The van der Waals surface area contributed by atoms with Crippen molar-refractivity contribution in [3.05, 3.63) is 29.8 Å². The summed E-state index contributed by atoms with van der Waals surface area (Å²) in [6.07, 6.45) is -5.09. The summed E-state index contributed by atoms with van der Waals surface area (Å²) in [5, 5.41) is 9.70. The number of alkyl halides is 3. The van der Waals surface area contributed by atoms with Gasteiger partial charge in [0.25, 0.3) is 0 Å². The molecule has 0 bridgehead atoms. The average Bonchev–Trinajstić information content (AvgIpc) is 2.55. The van der Waals surface area contributed by atoms with Gasteiger partial charge in [-0.25, -0.2) is 0 Å². The Morgan fingerprint density at radius 3 is 2.25 bits per heavy atom. The molecule has 2 rings (SSSR count). The van der Waals surface area contributed by atoms with Crippen LogP contribution in [0, 0.1) is 0 Å². The summed E-state index contributed by atoms with van der Waals surface area (Å²) in [4.78, 5) is 14.1. The molecule has 0 aliphatic carbocycles. The van der Waals surface area contributed by atoms with Gasteiger partial charge in [-0.2, -0.15) is 13.2 Å². The molecule has 1 aromatic rings. The Hall–Kier alpha value is -1.76. The summed E-state index contributed by atoms with van der Waals surface area (Å²) < 4.78 is 43.6. The normalized spacial score (nSPS) is 19.0. The first-order chi connectivity index (χ1) is 11.2. The zero-order valence-corrected chi connectivity index (χ0v) is 13.8. The summed E-state index contributed by atoms with van der Waals surface area (Å²) in [6, 6.07) is 7.09. The third-order valence-electron chi connectivity index (χ3n) is 4.65. The number of rotatable bonds is 4. The molecule has 1 aliphatic heterocycles. The first-order valence-electron chi connectivity index (χ1n) is 7.93. The van der Waals surface area contributed by atoms with Gasteiger partial charge in [-0.3, -0.25) is 4.79 Å². The van der Waals surface area contributed by atoms with Crippen LogP contribution >= 0.6 is 0 Å². The summed E-state index contributed by atoms with van der Waals surface area (Å²) in [5.74, 6) is 0.0640. The Morgan fingerprint density at radius 1 is 1.29 bits per heavy atom. The first kappa shape index (κ1) is 18.6. The lowest BCUT2D eigenvalue weighted by Gasteiger charge is -2.40. The van der Waals surface area contributed by atoms with Crippen molar-refractivity contribution in [2.75, 3.05) is 20.2 Å². The minimum Gasteiger partial charge on any atom is -0.497 e. The lowest BCUT2D eigenvalue weighted by Crippen LogP contribution is -2.54. The topological polar surface area (TPSA) is 49.8 Å². The van der Waals surface area contributed by atoms with Crippen LogP contribution in [0.4, 0.5) is 13.2 Å². The van der Waals surface area contributed by atoms with E-state index in [0.29, 0.717) is 12.2 Å². The van der Waals surface area contributed by atoms with Gasteiger partial charge in [-0.05, 0) is 24.1 Å². The van der Waals surface area contributed by atoms with Crippen molar-refractivity contribution >= 4 is 5.91 Å². The fourth-order valence-corrected chi connectivity index (χ4v) is 2.99. The molecule has 1 amide bonds.